The predicted octanol–water partition coefficient (Wildman–Crippen LogP) is 3.24. The van der Waals surface area contributed by atoms with E-state index in [1.807, 2.05) is 0 Å². The van der Waals surface area contributed by atoms with Gasteiger partial charge in [-0.1, -0.05) is 0 Å². The van der Waals surface area contributed by atoms with Crippen LogP contribution in [0, 0.1) is 0 Å². The minimum atomic E-state index is -1.66. The Morgan fingerprint density at radius 2 is 1.58 bits per heavy atom. The fraction of sp³-hybridized carbons (Fsp3) is 0. The second-order valence-electron chi connectivity index (χ2n) is 4.60. The Hall–Kier alpha value is -1.43. The van der Waals surface area contributed by atoms with E-state index in [-0.39, 0.29) is 0 Å². The zero-order chi connectivity index (χ0) is 12.8. The van der Waals surface area contributed by atoms with Gasteiger partial charge in [-0.05, 0) is 0 Å². The second kappa shape index (κ2) is 4.30. The Morgan fingerprint density at radius 1 is 0.789 bits per heavy atom. The van der Waals surface area contributed by atoms with Crippen LogP contribution in [0.3, 0.4) is 0 Å². The average Bonchev–Trinajstić information content (AvgIpc) is 2.47. The molecule has 0 saturated carbocycles. The molecule has 0 saturated heterocycles. The third kappa shape index (κ3) is 1.69. The summed E-state index contributed by atoms with van der Waals surface area (Å²) in [5.41, 5.74) is 2.37. The van der Waals surface area contributed by atoms with Gasteiger partial charge in [0.2, 0.25) is 0 Å². The Labute approximate surface area is 120 Å². The first kappa shape index (κ1) is 11.4. The number of hydrogen-bond acceptors (Lipinski definition) is 1. The maximum atomic E-state index is 6.78. The summed E-state index contributed by atoms with van der Waals surface area (Å²) in [6.07, 6.45) is 0. The Bertz CT molecular complexity index is 785. The summed E-state index contributed by atoms with van der Waals surface area (Å²) < 4.78 is 2.59. The van der Waals surface area contributed by atoms with Crippen molar-refractivity contribution < 1.29 is 0 Å². The molecular weight excluding hydrogens is 317 g/mol. The fourth-order valence-corrected chi connectivity index (χ4v) is 7.00. The maximum absolute atomic E-state index is 6.78. The molecule has 0 aliphatic carbocycles. The Balaban J connectivity index is 2.02. The van der Waals surface area contributed by atoms with Gasteiger partial charge in [0, 0.05) is 0 Å². The van der Waals surface area contributed by atoms with Crippen molar-refractivity contribution in [3.63, 3.8) is 0 Å². The molecule has 1 heterocycles. The molecule has 0 amide bonds. The first-order chi connectivity index (χ1) is 9.34. The minimum absolute atomic E-state index is 1.17. The predicted molar refractivity (Wildman–Crippen MR) is 84.5 cm³/mol. The fourth-order valence-electron chi connectivity index (χ4n) is 2.57. The number of rotatable bonds is 0. The zero-order valence-corrected chi connectivity index (χ0v) is 12.7. The van der Waals surface area contributed by atoms with Gasteiger partial charge in [0.05, 0.1) is 0 Å². The van der Waals surface area contributed by atoms with E-state index in [0.29, 0.717) is 0 Å². The van der Waals surface area contributed by atoms with Crippen LogP contribution >= 0.6 is 9.95 Å². The van der Waals surface area contributed by atoms with Crippen molar-refractivity contribution in [3.05, 3.63) is 60.7 Å². The van der Waals surface area contributed by atoms with E-state index in [2.05, 4.69) is 66.0 Å². The molecule has 1 aliphatic heterocycles. The van der Waals surface area contributed by atoms with Gasteiger partial charge in [-0.15, -0.1) is 0 Å². The van der Waals surface area contributed by atoms with E-state index >= 15 is 0 Å². The molecule has 4 rings (SSSR count). The molecule has 92 valence electrons. The molecule has 3 heteroatoms. The molecule has 1 unspecified atom stereocenters. The van der Waals surface area contributed by atoms with Crippen molar-refractivity contribution in [1.29, 1.82) is 0 Å². The van der Waals surface area contributed by atoms with Crippen LogP contribution < -0.4 is 14.0 Å². The molecule has 1 nitrogen and oxygen atoms in total. The van der Waals surface area contributed by atoms with Gasteiger partial charge in [0.15, 0.2) is 0 Å². The van der Waals surface area contributed by atoms with Crippen LogP contribution in [-0.4, -0.2) is 13.7 Å². The van der Waals surface area contributed by atoms with Gasteiger partial charge >= 0.3 is 120 Å². The van der Waals surface area contributed by atoms with Crippen molar-refractivity contribution in [2.75, 3.05) is 5.32 Å². The monoisotopic (exact) mass is 327 g/mol. The number of nitrogens with one attached hydrogen (secondary N) is 1. The van der Waals surface area contributed by atoms with Crippen molar-refractivity contribution in [1.82, 2.24) is 0 Å². The number of fused-ring (bicyclic) bond motifs is 4. The normalized spacial score (nSPS) is 16.6. The molecule has 1 N–H and O–H groups in total. The van der Waals surface area contributed by atoms with Crippen LogP contribution in [-0.2, 0) is 0 Å². The molecule has 0 bridgehead atoms. The summed E-state index contributed by atoms with van der Waals surface area (Å²) in [5, 5.41) is 6.08. The van der Waals surface area contributed by atoms with Gasteiger partial charge in [-0.3, -0.25) is 0 Å². The zero-order valence-electron chi connectivity index (χ0n) is 10.1. The molecule has 0 radical (unpaired) electrons. The SMILES string of the molecule is Cl[As]1c2ccccc2Nc2c1ccc1ccccc21. The standard InChI is InChI=1S/C16H11AsClN/c18-17-13-7-3-4-8-15(13)19-16-12-6-2-1-5-11(12)9-10-14(16)17/h1-10,19H. The third-order valence-corrected chi connectivity index (χ3v) is 8.76. The molecule has 19 heavy (non-hydrogen) atoms. The number of para-hydroxylation sites is 1. The number of hydrogen-bond donors (Lipinski definition) is 1. The van der Waals surface area contributed by atoms with Gasteiger partial charge in [0.1, 0.15) is 0 Å². The van der Waals surface area contributed by atoms with E-state index in [1.165, 1.54) is 30.8 Å². The molecule has 0 spiro atoms. The van der Waals surface area contributed by atoms with E-state index in [1.54, 1.807) is 0 Å². The third-order valence-electron chi connectivity index (χ3n) is 3.49. The van der Waals surface area contributed by atoms with E-state index in [9.17, 15) is 0 Å². The molecule has 3 aromatic rings. The van der Waals surface area contributed by atoms with Crippen molar-refractivity contribution in [3.8, 4) is 0 Å². The quantitative estimate of drug-likeness (QED) is 0.625. The summed E-state index contributed by atoms with van der Waals surface area (Å²) in [4.78, 5) is 0. The number of halogens is 1. The Kier molecular flexibility index (Phi) is 2.58. The first-order valence-electron chi connectivity index (χ1n) is 6.18. The molecule has 3 aromatic carbocycles. The summed E-state index contributed by atoms with van der Waals surface area (Å²) in [7, 11) is 6.78. The summed E-state index contributed by atoms with van der Waals surface area (Å²) in [6.45, 7) is 0. The summed E-state index contributed by atoms with van der Waals surface area (Å²) in [5.74, 6) is 0. The van der Waals surface area contributed by atoms with Crippen molar-refractivity contribution >= 4 is 54.5 Å². The number of benzene rings is 3. The summed E-state index contributed by atoms with van der Waals surface area (Å²) in [6, 6.07) is 21.2. The van der Waals surface area contributed by atoms with Crippen LogP contribution in [0.2, 0.25) is 0 Å². The van der Waals surface area contributed by atoms with E-state index < -0.39 is 13.7 Å². The average molecular weight is 328 g/mol. The van der Waals surface area contributed by atoms with Crippen molar-refractivity contribution in [2.24, 2.45) is 0 Å². The van der Waals surface area contributed by atoms with E-state index in [4.69, 9.17) is 9.95 Å². The second-order valence-corrected chi connectivity index (χ2v) is 9.56. The first-order valence-corrected chi connectivity index (χ1v) is 10.5. The molecule has 0 fully saturated rings. The van der Waals surface area contributed by atoms with Crippen LogP contribution in [0.25, 0.3) is 10.8 Å². The van der Waals surface area contributed by atoms with Crippen LogP contribution in [0.1, 0.15) is 0 Å². The van der Waals surface area contributed by atoms with Crippen LogP contribution in [0.4, 0.5) is 11.4 Å². The molecule has 1 atom stereocenters. The number of anilines is 2. The van der Waals surface area contributed by atoms with Gasteiger partial charge in [-0.2, -0.15) is 0 Å². The van der Waals surface area contributed by atoms with E-state index in [0.717, 1.165) is 0 Å². The topological polar surface area (TPSA) is 12.0 Å². The van der Waals surface area contributed by atoms with Gasteiger partial charge < -0.3 is 0 Å². The molecule has 0 aromatic heterocycles. The van der Waals surface area contributed by atoms with Gasteiger partial charge in [-0.25, -0.2) is 0 Å². The van der Waals surface area contributed by atoms with Crippen LogP contribution in [0.15, 0.2) is 60.7 Å². The van der Waals surface area contributed by atoms with Crippen LogP contribution in [0.5, 0.6) is 0 Å². The molecule has 1 aliphatic rings. The summed E-state index contributed by atoms with van der Waals surface area (Å²) >= 11 is -1.66. The molecular formula is C16H11AsClN. The van der Waals surface area contributed by atoms with Gasteiger partial charge in [0.25, 0.3) is 0 Å². The Morgan fingerprint density at radius 3 is 2.53 bits per heavy atom. The van der Waals surface area contributed by atoms with Crippen molar-refractivity contribution in [2.45, 2.75) is 0 Å².